The minimum atomic E-state index is -0.241. The summed E-state index contributed by atoms with van der Waals surface area (Å²) >= 11 is 0. The zero-order valence-corrected chi connectivity index (χ0v) is 25.7. The summed E-state index contributed by atoms with van der Waals surface area (Å²) in [5.74, 6) is 1.36. The van der Waals surface area contributed by atoms with Crippen LogP contribution in [0.4, 0.5) is 17.2 Å². The zero-order chi connectivity index (χ0) is 30.6. The molecule has 1 aliphatic rings. The summed E-state index contributed by atoms with van der Waals surface area (Å²) in [6, 6.07) is 21.0. The van der Waals surface area contributed by atoms with Gasteiger partial charge in [0.05, 0.1) is 12.3 Å². The number of carbonyl (C=O) groups excluding carboxylic acids is 1. The fraction of sp³-hybridized carbons (Fsp3) is 0.343. The monoisotopic (exact) mass is 579 g/mol. The van der Waals surface area contributed by atoms with Crippen LogP contribution in [0.3, 0.4) is 0 Å². The quantitative estimate of drug-likeness (QED) is 0.223. The Kier molecular flexibility index (Phi) is 8.97. The van der Waals surface area contributed by atoms with Crippen molar-refractivity contribution in [2.75, 3.05) is 30.3 Å². The van der Waals surface area contributed by atoms with Crippen LogP contribution in [0.5, 0.6) is 5.75 Å². The number of anilines is 3. The number of nitrogens with zero attached hydrogens (tertiary/aromatic N) is 2. The van der Waals surface area contributed by atoms with E-state index in [1.165, 1.54) is 23.0 Å². The predicted molar refractivity (Wildman–Crippen MR) is 174 cm³/mol. The second-order valence-corrected chi connectivity index (χ2v) is 12.3. The third-order valence-electron chi connectivity index (χ3n) is 7.94. The average Bonchev–Trinajstić information content (AvgIpc) is 3.00. The molecule has 5 rings (SSSR count). The highest BCUT2D eigenvalue weighted by atomic mass is 16.5. The molecule has 0 aliphatic carbocycles. The van der Waals surface area contributed by atoms with Crippen molar-refractivity contribution in [1.82, 2.24) is 14.9 Å². The van der Waals surface area contributed by atoms with Crippen molar-refractivity contribution in [2.24, 2.45) is 13.0 Å². The van der Waals surface area contributed by atoms with Gasteiger partial charge in [-0.1, -0.05) is 45.0 Å². The molecule has 224 valence electrons. The van der Waals surface area contributed by atoms with E-state index < -0.39 is 0 Å². The highest BCUT2D eigenvalue weighted by Crippen LogP contribution is 2.29. The van der Waals surface area contributed by atoms with Crippen molar-refractivity contribution in [3.05, 3.63) is 100.0 Å². The molecule has 1 amide bonds. The molecule has 0 spiro atoms. The van der Waals surface area contributed by atoms with Gasteiger partial charge in [-0.25, -0.2) is 4.98 Å². The van der Waals surface area contributed by atoms with E-state index in [1.54, 1.807) is 13.2 Å². The maximum absolute atomic E-state index is 13.1. The number of rotatable bonds is 8. The van der Waals surface area contributed by atoms with Crippen LogP contribution in [0.1, 0.15) is 55.1 Å². The van der Waals surface area contributed by atoms with Gasteiger partial charge < -0.3 is 25.3 Å². The van der Waals surface area contributed by atoms with E-state index in [2.05, 4.69) is 36.7 Å². The number of aromatic nitrogens is 2. The Labute approximate surface area is 253 Å². The largest absolute Gasteiger partial charge is 0.493 e. The van der Waals surface area contributed by atoms with Gasteiger partial charge in [-0.15, -0.1) is 0 Å². The van der Waals surface area contributed by atoms with Crippen LogP contribution in [0, 0.1) is 12.8 Å². The smallest absolute Gasteiger partial charge is 0.293 e. The molecule has 1 unspecified atom stereocenters. The van der Waals surface area contributed by atoms with Crippen molar-refractivity contribution in [3.8, 4) is 17.0 Å². The second kappa shape index (κ2) is 12.8. The van der Waals surface area contributed by atoms with Gasteiger partial charge in [-0.3, -0.25) is 9.59 Å². The molecule has 4 aromatic rings. The molecule has 3 N–H and O–H groups in total. The topological polar surface area (TPSA) is 97.3 Å². The fourth-order valence-electron chi connectivity index (χ4n) is 5.23. The lowest BCUT2D eigenvalue weighted by Crippen LogP contribution is -2.33. The maximum atomic E-state index is 13.1. The number of carbonyl (C=O) groups is 1. The van der Waals surface area contributed by atoms with Crippen LogP contribution in [0.25, 0.3) is 11.3 Å². The highest BCUT2D eigenvalue weighted by Gasteiger charge is 2.17. The van der Waals surface area contributed by atoms with Crippen LogP contribution < -0.4 is 26.2 Å². The maximum Gasteiger partial charge on any atom is 0.293 e. The number of aryl methyl sites for hydroxylation is 1. The third-order valence-corrected chi connectivity index (χ3v) is 7.94. The van der Waals surface area contributed by atoms with Crippen molar-refractivity contribution in [3.63, 3.8) is 0 Å². The Hall–Kier alpha value is -4.43. The molecule has 1 aromatic heterocycles. The summed E-state index contributed by atoms with van der Waals surface area (Å²) in [7, 11) is 1.71. The van der Waals surface area contributed by atoms with E-state index in [0.717, 1.165) is 35.7 Å². The first-order valence-electron chi connectivity index (χ1n) is 14.9. The summed E-state index contributed by atoms with van der Waals surface area (Å²) in [6.07, 6.45) is 4.07. The number of nitrogens with one attached hydrogen (secondary N) is 3. The molecule has 0 bridgehead atoms. The first-order chi connectivity index (χ1) is 20.6. The molecular formula is C35H41N5O3. The Bertz CT molecular complexity index is 1630. The Morgan fingerprint density at radius 1 is 1.07 bits per heavy atom. The van der Waals surface area contributed by atoms with Crippen LogP contribution in [0.2, 0.25) is 0 Å². The molecule has 0 radical (unpaired) electrons. The third kappa shape index (κ3) is 7.32. The van der Waals surface area contributed by atoms with Gasteiger partial charge in [0.1, 0.15) is 5.75 Å². The molecule has 0 saturated carbocycles. The summed E-state index contributed by atoms with van der Waals surface area (Å²) in [6.45, 7) is 11.1. The first-order valence-corrected chi connectivity index (χ1v) is 14.9. The van der Waals surface area contributed by atoms with E-state index in [1.807, 2.05) is 73.7 Å². The normalized spacial score (nSPS) is 15.1. The van der Waals surface area contributed by atoms with Gasteiger partial charge in [0, 0.05) is 48.2 Å². The number of hydrogen-bond acceptors (Lipinski definition) is 6. The molecule has 1 atom stereocenters. The minimum Gasteiger partial charge on any atom is -0.493 e. The average molecular weight is 580 g/mol. The van der Waals surface area contributed by atoms with E-state index in [0.29, 0.717) is 29.5 Å². The first kappa shape index (κ1) is 30.0. The van der Waals surface area contributed by atoms with Crippen molar-refractivity contribution in [2.45, 2.75) is 46.0 Å². The molecule has 8 heteroatoms. The van der Waals surface area contributed by atoms with E-state index in [9.17, 15) is 9.59 Å². The van der Waals surface area contributed by atoms with Gasteiger partial charge in [0.2, 0.25) is 0 Å². The van der Waals surface area contributed by atoms with Gasteiger partial charge in [0.25, 0.3) is 11.5 Å². The van der Waals surface area contributed by atoms with E-state index in [-0.39, 0.29) is 22.7 Å². The van der Waals surface area contributed by atoms with Gasteiger partial charge in [0.15, 0.2) is 5.82 Å². The Morgan fingerprint density at radius 2 is 1.81 bits per heavy atom. The van der Waals surface area contributed by atoms with Crippen LogP contribution in [-0.4, -0.2) is 35.2 Å². The predicted octanol–water partition coefficient (Wildman–Crippen LogP) is 6.43. The SMILES string of the molecule is Cc1c(NC(=O)c2ccc(C(C)(C)C)cc2)cccc1-c1cn(C)c(=O)c(Nc2ccc(OCC3CCCNC3)cc2)n1. The van der Waals surface area contributed by atoms with Crippen molar-refractivity contribution < 1.29 is 9.53 Å². The van der Waals surface area contributed by atoms with Gasteiger partial charge in [-0.2, -0.15) is 0 Å². The Morgan fingerprint density at radius 3 is 2.49 bits per heavy atom. The van der Waals surface area contributed by atoms with Crippen LogP contribution >= 0.6 is 0 Å². The van der Waals surface area contributed by atoms with Crippen molar-refractivity contribution >= 4 is 23.1 Å². The molecule has 8 nitrogen and oxygen atoms in total. The molecule has 43 heavy (non-hydrogen) atoms. The fourth-order valence-corrected chi connectivity index (χ4v) is 5.23. The number of piperidine rings is 1. The van der Waals surface area contributed by atoms with Gasteiger partial charge in [-0.05, 0) is 85.3 Å². The number of benzene rings is 3. The minimum absolute atomic E-state index is 0.0144. The summed E-state index contributed by atoms with van der Waals surface area (Å²) in [4.78, 5) is 30.8. The molecule has 1 fully saturated rings. The molecule has 2 heterocycles. The molecule has 3 aromatic carbocycles. The van der Waals surface area contributed by atoms with Crippen molar-refractivity contribution in [1.29, 1.82) is 0 Å². The number of ether oxygens (including phenoxy) is 1. The zero-order valence-electron chi connectivity index (χ0n) is 25.7. The summed E-state index contributed by atoms with van der Waals surface area (Å²) in [5, 5.41) is 9.64. The van der Waals surface area contributed by atoms with E-state index >= 15 is 0 Å². The lowest BCUT2D eigenvalue weighted by molar-refractivity contribution is 0.102. The van der Waals surface area contributed by atoms with E-state index in [4.69, 9.17) is 9.72 Å². The summed E-state index contributed by atoms with van der Waals surface area (Å²) in [5.41, 5.74) is 5.25. The Balaban J connectivity index is 1.31. The standard InChI is InChI=1S/C35H41N5O3/c1-23-29(9-6-10-30(23)39-33(41)25-11-13-26(14-12-25)35(2,3)4)31-21-40(5)34(42)32(38-31)37-27-15-17-28(18-16-27)43-22-24-8-7-19-36-20-24/h6,9-18,21,24,36H,7-8,19-20,22H2,1-5H3,(H,37,38)(H,39,41). The summed E-state index contributed by atoms with van der Waals surface area (Å²) < 4.78 is 7.51. The molecular weight excluding hydrogens is 538 g/mol. The lowest BCUT2D eigenvalue weighted by atomic mass is 9.86. The number of amides is 1. The van der Waals surface area contributed by atoms with Gasteiger partial charge >= 0.3 is 0 Å². The number of hydrogen-bond donors (Lipinski definition) is 3. The van der Waals surface area contributed by atoms with Crippen LogP contribution in [-0.2, 0) is 12.5 Å². The lowest BCUT2D eigenvalue weighted by Gasteiger charge is -2.22. The molecule has 1 saturated heterocycles. The second-order valence-electron chi connectivity index (χ2n) is 12.3. The van der Waals surface area contributed by atoms with Crippen LogP contribution in [0.15, 0.2) is 77.7 Å². The molecule has 1 aliphatic heterocycles. The highest BCUT2D eigenvalue weighted by molar-refractivity contribution is 6.05.